The van der Waals surface area contributed by atoms with Crippen molar-refractivity contribution in [3.8, 4) is 0 Å². The minimum absolute atomic E-state index is 0.121. The topological polar surface area (TPSA) is 170 Å². The summed E-state index contributed by atoms with van der Waals surface area (Å²) in [6.45, 7) is 16.7. The van der Waals surface area contributed by atoms with E-state index in [9.17, 15) is 30.0 Å². The highest BCUT2D eigenvalue weighted by Crippen LogP contribution is 2.54. The van der Waals surface area contributed by atoms with Crippen LogP contribution < -0.4 is 0 Å². The van der Waals surface area contributed by atoms with Gasteiger partial charge in [0.1, 0.15) is 6.10 Å². The Morgan fingerprint density at radius 2 is 1.65 bits per heavy atom. The third kappa shape index (κ3) is 7.32. The average Bonchev–Trinajstić information content (AvgIpc) is 3.74. The van der Waals surface area contributed by atoms with Gasteiger partial charge in [0.2, 0.25) is 0 Å². The molecule has 5 aliphatic heterocycles. The first kappa shape index (κ1) is 38.8. The van der Waals surface area contributed by atoms with Crippen LogP contribution in [0.5, 0.6) is 0 Å². The van der Waals surface area contributed by atoms with E-state index < -0.39 is 71.5 Å². The third-order valence-electron chi connectivity index (χ3n) is 12.9. The van der Waals surface area contributed by atoms with E-state index in [2.05, 4.69) is 20.8 Å². The van der Waals surface area contributed by atoms with Crippen LogP contribution in [0.25, 0.3) is 0 Å². The van der Waals surface area contributed by atoms with Gasteiger partial charge in [0, 0.05) is 37.0 Å². The number of rotatable bonds is 10. The molecule has 0 amide bonds. The van der Waals surface area contributed by atoms with E-state index in [1.807, 2.05) is 27.7 Å². The molecule has 0 aliphatic carbocycles. The highest BCUT2D eigenvalue weighted by molar-refractivity contribution is 5.72. The number of carboxylic acids is 1. The molecule has 5 fully saturated rings. The number of aliphatic carboxylic acids is 1. The van der Waals surface area contributed by atoms with Crippen LogP contribution in [0, 0.1) is 35.5 Å². The normalized spacial score (nSPS) is 49.1. The molecular weight excluding hydrogens is 636 g/mol. The highest BCUT2D eigenvalue weighted by atomic mass is 16.7. The zero-order chi connectivity index (χ0) is 36.3. The zero-order valence-corrected chi connectivity index (χ0v) is 30.9. The highest BCUT2D eigenvalue weighted by Gasteiger charge is 2.61. The first-order valence-electron chi connectivity index (χ1n) is 18.6. The van der Waals surface area contributed by atoms with E-state index in [1.165, 1.54) is 6.92 Å². The quantitative estimate of drug-likeness (QED) is 0.240. The van der Waals surface area contributed by atoms with Crippen molar-refractivity contribution in [2.75, 3.05) is 6.61 Å². The second-order valence-corrected chi connectivity index (χ2v) is 16.8. The Hall–Kier alpha value is -1.38. The summed E-state index contributed by atoms with van der Waals surface area (Å²) in [6.07, 6.45) is 1.24. The Labute approximate surface area is 291 Å². The minimum Gasteiger partial charge on any atom is -0.481 e. The van der Waals surface area contributed by atoms with E-state index in [0.29, 0.717) is 12.8 Å². The summed E-state index contributed by atoms with van der Waals surface area (Å²) in [5.74, 6) is -5.90. The summed E-state index contributed by atoms with van der Waals surface area (Å²) in [7, 11) is 0. The Morgan fingerprint density at radius 3 is 2.29 bits per heavy atom. The fourth-order valence-electron chi connectivity index (χ4n) is 9.66. The van der Waals surface area contributed by atoms with E-state index in [4.69, 9.17) is 28.4 Å². The molecule has 1 spiro atoms. The zero-order valence-electron chi connectivity index (χ0n) is 30.9. The molecule has 0 saturated carbocycles. The van der Waals surface area contributed by atoms with Crippen LogP contribution in [0.4, 0.5) is 0 Å². The fourth-order valence-corrected chi connectivity index (χ4v) is 9.66. The van der Waals surface area contributed by atoms with Gasteiger partial charge in [0.15, 0.2) is 11.6 Å². The van der Waals surface area contributed by atoms with Crippen molar-refractivity contribution in [1.29, 1.82) is 0 Å². The van der Waals surface area contributed by atoms with Crippen molar-refractivity contribution in [2.45, 2.75) is 179 Å². The molecule has 17 atom stereocenters. The summed E-state index contributed by atoms with van der Waals surface area (Å²) in [5, 5.41) is 42.0. The maximum atomic E-state index is 12.3. The predicted molar refractivity (Wildman–Crippen MR) is 177 cm³/mol. The molecular formula is C37H62O12. The molecule has 0 aromatic carbocycles. The first-order chi connectivity index (χ1) is 22.8. The van der Waals surface area contributed by atoms with Crippen molar-refractivity contribution in [3.63, 3.8) is 0 Å². The second-order valence-electron chi connectivity index (χ2n) is 16.8. The van der Waals surface area contributed by atoms with E-state index in [1.54, 1.807) is 6.92 Å². The predicted octanol–water partition coefficient (Wildman–Crippen LogP) is 4.19. The molecule has 5 rings (SSSR count). The summed E-state index contributed by atoms with van der Waals surface area (Å²) < 4.78 is 39.1. The Balaban J connectivity index is 1.27. The summed E-state index contributed by atoms with van der Waals surface area (Å²) in [5.41, 5.74) is -1.29. The number of esters is 1. The Bertz CT molecular complexity index is 1200. The molecule has 5 saturated heterocycles. The SMILES string of the molecule is CCC(=O)O[C@H]([C@@H](C)[C@H]1O[C@]2(CC[C@@](C)([C@H]3CC[C@@](C)([C@@H]4O[C@@H]([C@@H]5O[C@@](O)(CO)[C@@H](C)C[C@@H]5C)C[C@H]4C)O3)O2)C[C@@H](O)[C@@H]1C)[C@H](C)C(=O)O. The molecule has 49 heavy (non-hydrogen) atoms. The number of aliphatic hydroxyl groups is 3. The maximum Gasteiger partial charge on any atom is 0.309 e. The van der Waals surface area contributed by atoms with Crippen molar-refractivity contribution < 1.29 is 58.4 Å². The van der Waals surface area contributed by atoms with Crippen LogP contribution in [0.15, 0.2) is 0 Å². The second kappa shape index (κ2) is 14.2. The standard InChI is InChI=1S/C37H62O12/c1-10-28(40)45-30(24(7)33(41)42)23(6)31-22(5)25(39)17-36(47-31)14-13-34(8,49-36)27-11-12-35(9,46-27)32-20(3)16-26(44-32)29-19(2)15-21(4)37(43,18-38)48-29/h19-27,29-32,38-39,43H,10-18H2,1-9H3,(H,41,42)/t19-,20+,21-,22-,23+,24-,25+,26+,27+,29+,30+,31-,32+,34-,35-,36-,37-/m0/s1. The third-order valence-corrected chi connectivity index (χ3v) is 12.9. The van der Waals surface area contributed by atoms with Gasteiger partial charge in [-0.15, -0.1) is 0 Å². The van der Waals surface area contributed by atoms with Crippen molar-refractivity contribution >= 4 is 11.9 Å². The van der Waals surface area contributed by atoms with E-state index in [0.717, 1.165) is 25.7 Å². The fraction of sp³-hybridized carbons (Fsp3) is 0.946. The average molecular weight is 699 g/mol. The molecule has 0 aromatic heterocycles. The lowest BCUT2D eigenvalue weighted by molar-refractivity contribution is -0.335. The summed E-state index contributed by atoms with van der Waals surface area (Å²) in [6, 6.07) is 0. The number of carbonyl (C=O) groups is 2. The Kier molecular flexibility index (Phi) is 11.3. The molecule has 0 unspecified atom stereocenters. The minimum atomic E-state index is -1.58. The molecule has 12 nitrogen and oxygen atoms in total. The van der Waals surface area contributed by atoms with Crippen LogP contribution >= 0.6 is 0 Å². The molecule has 282 valence electrons. The van der Waals surface area contributed by atoms with Crippen LogP contribution in [0.2, 0.25) is 0 Å². The number of carboxylic acid groups (broad SMARTS) is 1. The summed E-state index contributed by atoms with van der Waals surface area (Å²) in [4.78, 5) is 24.3. The summed E-state index contributed by atoms with van der Waals surface area (Å²) >= 11 is 0. The lowest BCUT2D eigenvalue weighted by atomic mass is 9.78. The van der Waals surface area contributed by atoms with Gasteiger partial charge >= 0.3 is 11.9 Å². The number of hydrogen-bond acceptors (Lipinski definition) is 11. The van der Waals surface area contributed by atoms with Crippen LogP contribution in [0.3, 0.4) is 0 Å². The van der Waals surface area contributed by atoms with Gasteiger partial charge in [0.25, 0.3) is 0 Å². The first-order valence-corrected chi connectivity index (χ1v) is 18.6. The number of hydrogen-bond donors (Lipinski definition) is 4. The number of carbonyl (C=O) groups excluding carboxylic acids is 1. The van der Waals surface area contributed by atoms with Gasteiger partial charge < -0.3 is 48.8 Å². The van der Waals surface area contributed by atoms with E-state index >= 15 is 0 Å². The number of aliphatic hydroxyl groups excluding tert-OH is 2. The van der Waals surface area contributed by atoms with Gasteiger partial charge in [-0.2, -0.15) is 0 Å². The number of ether oxygens (including phenoxy) is 6. The maximum absolute atomic E-state index is 12.3. The lowest BCUT2D eigenvalue weighted by Gasteiger charge is -2.48. The van der Waals surface area contributed by atoms with Gasteiger partial charge in [-0.25, -0.2) is 0 Å². The van der Waals surface area contributed by atoms with Crippen molar-refractivity contribution in [3.05, 3.63) is 0 Å². The monoisotopic (exact) mass is 698 g/mol. The largest absolute Gasteiger partial charge is 0.481 e. The molecule has 5 heterocycles. The van der Waals surface area contributed by atoms with Crippen LogP contribution in [0.1, 0.15) is 114 Å². The van der Waals surface area contributed by atoms with Crippen LogP contribution in [-0.4, -0.2) is 104 Å². The molecule has 5 aliphatic rings. The van der Waals surface area contributed by atoms with Gasteiger partial charge in [-0.3, -0.25) is 9.59 Å². The smallest absolute Gasteiger partial charge is 0.309 e. The van der Waals surface area contributed by atoms with Crippen molar-refractivity contribution in [2.24, 2.45) is 35.5 Å². The van der Waals surface area contributed by atoms with Gasteiger partial charge in [-0.05, 0) is 64.7 Å². The Morgan fingerprint density at radius 1 is 0.959 bits per heavy atom. The molecule has 0 aromatic rings. The van der Waals surface area contributed by atoms with Crippen molar-refractivity contribution in [1.82, 2.24) is 0 Å². The lowest BCUT2D eigenvalue weighted by Crippen LogP contribution is -2.57. The molecule has 4 N–H and O–H groups in total. The molecule has 0 radical (unpaired) electrons. The van der Waals surface area contributed by atoms with Gasteiger partial charge in [0.05, 0.1) is 60.4 Å². The molecule has 12 heteroatoms. The van der Waals surface area contributed by atoms with E-state index in [-0.39, 0.29) is 60.9 Å². The molecule has 0 bridgehead atoms. The van der Waals surface area contributed by atoms with Crippen LogP contribution in [-0.2, 0) is 38.0 Å². The van der Waals surface area contributed by atoms with Gasteiger partial charge in [-0.1, -0.05) is 41.5 Å².